The van der Waals surface area contributed by atoms with Crippen LogP contribution in [0.4, 0.5) is 4.39 Å². The molecule has 1 amide bonds. The molecule has 9 heteroatoms. The first-order valence-corrected chi connectivity index (χ1v) is 12.3. The van der Waals surface area contributed by atoms with Crippen LogP contribution in [0.2, 0.25) is 0 Å². The Morgan fingerprint density at radius 2 is 2.03 bits per heavy atom. The van der Waals surface area contributed by atoms with Crippen LogP contribution in [0.3, 0.4) is 0 Å². The first-order valence-electron chi connectivity index (χ1n) is 11.4. The highest BCUT2D eigenvalue weighted by Crippen LogP contribution is 2.27. The SMILES string of the molecule is COc1ccccc1CN(CC1CCCO1)C(=O)c1nc(-c2cccs2)n(-c2ccc(F)cc2)n1. The Hall–Kier alpha value is -3.56. The van der Waals surface area contributed by atoms with Crippen molar-refractivity contribution >= 4 is 17.2 Å². The second-order valence-electron chi connectivity index (χ2n) is 8.26. The van der Waals surface area contributed by atoms with Crippen LogP contribution in [0.15, 0.2) is 66.0 Å². The number of para-hydroxylation sites is 1. The molecule has 0 saturated carbocycles. The zero-order chi connectivity index (χ0) is 24.2. The van der Waals surface area contributed by atoms with E-state index in [-0.39, 0.29) is 23.7 Å². The average Bonchev–Trinajstić information content (AvgIpc) is 3.66. The van der Waals surface area contributed by atoms with Crippen molar-refractivity contribution in [3.8, 4) is 22.1 Å². The number of thiophene rings is 1. The maximum absolute atomic E-state index is 13.8. The van der Waals surface area contributed by atoms with Crippen LogP contribution >= 0.6 is 11.3 Å². The van der Waals surface area contributed by atoms with Crippen molar-refractivity contribution in [1.29, 1.82) is 0 Å². The molecule has 1 aliphatic rings. The number of hydrogen-bond acceptors (Lipinski definition) is 6. The molecule has 7 nitrogen and oxygen atoms in total. The standard InChI is InChI=1S/C26H25FN4O3S/c1-33-22-8-3-2-6-18(22)16-30(17-21-7-4-14-34-21)26(32)24-28-25(23-9-5-15-35-23)31(29-24)20-12-10-19(27)11-13-20/h2-3,5-6,8-13,15,21H,4,7,14,16-17H2,1H3. The van der Waals surface area contributed by atoms with E-state index >= 15 is 0 Å². The van der Waals surface area contributed by atoms with E-state index in [4.69, 9.17) is 9.47 Å². The molecule has 35 heavy (non-hydrogen) atoms. The molecule has 1 saturated heterocycles. The predicted octanol–water partition coefficient (Wildman–Crippen LogP) is 4.96. The number of aromatic nitrogens is 3. The van der Waals surface area contributed by atoms with E-state index in [0.717, 1.165) is 23.3 Å². The fourth-order valence-corrected chi connectivity index (χ4v) is 4.86. The summed E-state index contributed by atoms with van der Waals surface area (Å²) in [6.45, 7) is 1.46. The molecular weight excluding hydrogens is 467 g/mol. The van der Waals surface area contributed by atoms with Crippen molar-refractivity contribution in [3.63, 3.8) is 0 Å². The minimum atomic E-state index is -0.345. The molecule has 0 aliphatic carbocycles. The molecule has 180 valence electrons. The van der Waals surface area contributed by atoms with Crippen LogP contribution < -0.4 is 4.74 Å². The number of rotatable bonds is 8. The molecule has 4 aromatic rings. The lowest BCUT2D eigenvalue weighted by molar-refractivity contribution is 0.0496. The van der Waals surface area contributed by atoms with Crippen LogP contribution in [0.25, 0.3) is 16.4 Å². The Balaban J connectivity index is 1.51. The summed E-state index contributed by atoms with van der Waals surface area (Å²) in [4.78, 5) is 21.0. The molecule has 1 atom stereocenters. The molecule has 1 fully saturated rings. The molecule has 1 aliphatic heterocycles. The van der Waals surface area contributed by atoms with Gasteiger partial charge in [-0.1, -0.05) is 24.3 Å². The second kappa shape index (κ2) is 10.4. The second-order valence-corrected chi connectivity index (χ2v) is 9.20. The van der Waals surface area contributed by atoms with Crippen LogP contribution in [0.1, 0.15) is 29.0 Å². The molecule has 0 spiro atoms. The molecule has 0 radical (unpaired) electrons. The summed E-state index contributed by atoms with van der Waals surface area (Å²) in [7, 11) is 1.62. The zero-order valence-electron chi connectivity index (χ0n) is 19.3. The maximum atomic E-state index is 13.8. The molecule has 0 bridgehead atoms. The van der Waals surface area contributed by atoms with Gasteiger partial charge in [0, 0.05) is 25.3 Å². The zero-order valence-corrected chi connectivity index (χ0v) is 20.1. The van der Waals surface area contributed by atoms with Crippen molar-refractivity contribution in [2.24, 2.45) is 0 Å². The normalized spacial score (nSPS) is 15.3. The summed E-state index contributed by atoms with van der Waals surface area (Å²) in [5.74, 6) is 0.670. The molecule has 3 heterocycles. The molecule has 2 aromatic heterocycles. The highest BCUT2D eigenvalue weighted by molar-refractivity contribution is 7.13. The third kappa shape index (κ3) is 5.11. The Morgan fingerprint density at radius 1 is 1.20 bits per heavy atom. The van der Waals surface area contributed by atoms with Gasteiger partial charge in [-0.05, 0) is 54.6 Å². The highest BCUT2D eigenvalue weighted by Gasteiger charge is 2.28. The molecule has 2 aromatic carbocycles. The van der Waals surface area contributed by atoms with Crippen LogP contribution in [0, 0.1) is 5.82 Å². The van der Waals surface area contributed by atoms with Gasteiger partial charge in [0.2, 0.25) is 5.82 Å². The molecular formula is C26H25FN4O3S. The fraction of sp³-hybridized carbons (Fsp3) is 0.269. The first kappa shape index (κ1) is 23.2. The van der Waals surface area contributed by atoms with Crippen molar-refractivity contribution in [2.75, 3.05) is 20.3 Å². The van der Waals surface area contributed by atoms with Crippen molar-refractivity contribution in [2.45, 2.75) is 25.5 Å². The molecule has 1 unspecified atom stereocenters. The van der Waals surface area contributed by atoms with Gasteiger partial charge in [-0.25, -0.2) is 14.1 Å². The summed E-state index contributed by atoms with van der Waals surface area (Å²) in [6, 6.07) is 17.4. The lowest BCUT2D eigenvalue weighted by Gasteiger charge is -2.25. The molecule has 5 rings (SSSR count). The summed E-state index contributed by atoms with van der Waals surface area (Å²) in [5.41, 5.74) is 1.51. The van der Waals surface area contributed by atoms with E-state index < -0.39 is 0 Å². The summed E-state index contributed by atoms with van der Waals surface area (Å²) >= 11 is 1.50. The number of amides is 1. The number of benzene rings is 2. The third-order valence-corrected chi connectivity index (χ3v) is 6.77. The van der Waals surface area contributed by atoms with Crippen LogP contribution in [-0.2, 0) is 11.3 Å². The van der Waals surface area contributed by atoms with Gasteiger partial charge in [0.15, 0.2) is 5.82 Å². The van der Waals surface area contributed by atoms with Crippen LogP contribution in [-0.4, -0.2) is 51.9 Å². The van der Waals surface area contributed by atoms with Gasteiger partial charge in [-0.3, -0.25) is 4.79 Å². The summed E-state index contributed by atoms with van der Waals surface area (Å²) in [5, 5.41) is 6.51. The Bertz CT molecular complexity index is 1280. The predicted molar refractivity (Wildman–Crippen MR) is 131 cm³/mol. The smallest absolute Gasteiger partial charge is 0.293 e. The topological polar surface area (TPSA) is 69.5 Å². The van der Waals surface area contributed by atoms with Gasteiger partial charge in [0.05, 0.1) is 23.8 Å². The van der Waals surface area contributed by atoms with E-state index in [0.29, 0.717) is 37.0 Å². The van der Waals surface area contributed by atoms with Gasteiger partial charge >= 0.3 is 0 Å². The van der Waals surface area contributed by atoms with Crippen molar-refractivity contribution < 1.29 is 18.7 Å². The van der Waals surface area contributed by atoms with Crippen molar-refractivity contribution in [1.82, 2.24) is 19.7 Å². The Labute approximate surface area is 206 Å². The largest absolute Gasteiger partial charge is 0.496 e. The number of halogens is 1. The van der Waals surface area contributed by atoms with E-state index in [1.807, 2.05) is 41.8 Å². The average molecular weight is 493 g/mol. The maximum Gasteiger partial charge on any atom is 0.293 e. The number of carbonyl (C=O) groups is 1. The third-order valence-electron chi connectivity index (χ3n) is 5.90. The molecule has 0 N–H and O–H groups in total. The Morgan fingerprint density at radius 3 is 2.74 bits per heavy atom. The van der Waals surface area contributed by atoms with Gasteiger partial charge in [0.1, 0.15) is 11.6 Å². The minimum Gasteiger partial charge on any atom is -0.496 e. The number of ether oxygens (including phenoxy) is 2. The number of nitrogens with zero attached hydrogens (tertiary/aromatic N) is 4. The fourth-order valence-electron chi connectivity index (χ4n) is 4.16. The number of methoxy groups -OCH3 is 1. The van der Waals surface area contributed by atoms with Gasteiger partial charge in [0.25, 0.3) is 5.91 Å². The summed E-state index contributed by atoms with van der Waals surface area (Å²) < 4.78 is 26.5. The monoisotopic (exact) mass is 492 g/mol. The first-order chi connectivity index (χ1) is 17.1. The Kier molecular flexibility index (Phi) is 6.87. The van der Waals surface area contributed by atoms with Crippen LogP contribution in [0.5, 0.6) is 5.75 Å². The minimum absolute atomic E-state index is 0.0374. The van der Waals surface area contributed by atoms with E-state index in [9.17, 15) is 9.18 Å². The van der Waals surface area contributed by atoms with E-state index in [1.54, 1.807) is 28.8 Å². The lowest BCUT2D eigenvalue weighted by Crippen LogP contribution is -2.37. The van der Waals surface area contributed by atoms with Crippen molar-refractivity contribution in [3.05, 3.63) is 83.2 Å². The number of hydrogen-bond donors (Lipinski definition) is 0. The van der Waals surface area contributed by atoms with E-state index in [1.165, 1.54) is 23.5 Å². The number of carbonyl (C=O) groups excluding carboxylic acids is 1. The van der Waals surface area contributed by atoms with Gasteiger partial charge < -0.3 is 14.4 Å². The summed E-state index contributed by atoms with van der Waals surface area (Å²) in [6.07, 6.45) is 1.83. The van der Waals surface area contributed by atoms with Gasteiger partial charge in [-0.15, -0.1) is 16.4 Å². The lowest BCUT2D eigenvalue weighted by atomic mass is 10.1. The van der Waals surface area contributed by atoms with Gasteiger partial charge in [-0.2, -0.15) is 0 Å². The van der Waals surface area contributed by atoms with E-state index in [2.05, 4.69) is 10.1 Å². The quantitative estimate of drug-likeness (QED) is 0.348. The highest BCUT2D eigenvalue weighted by atomic mass is 32.1.